The molecule has 1 unspecified atom stereocenters. The van der Waals surface area contributed by atoms with Crippen molar-refractivity contribution in [3.63, 3.8) is 0 Å². The van der Waals surface area contributed by atoms with Gasteiger partial charge in [-0.2, -0.15) is 0 Å². The molecule has 2 aromatic heterocycles. The highest BCUT2D eigenvalue weighted by atomic mass is 16.4. The van der Waals surface area contributed by atoms with Crippen molar-refractivity contribution in [1.29, 1.82) is 0 Å². The van der Waals surface area contributed by atoms with Crippen LogP contribution >= 0.6 is 0 Å². The zero-order valence-corrected chi connectivity index (χ0v) is 13.7. The van der Waals surface area contributed by atoms with Gasteiger partial charge in [-0.15, -0.1) is 0 Å². The SMILES string of the molecule is CC(NC(=O)c1cc2ccccc2[nH]1)c1ncc(-c2ccccc2)o1. The lowest BCUT2D eigenvalue weighted by molar-refractivity contribution is 0.0930. The third-order valence-corrected chi connectivity index (χ3v) is 4.07. The molecule has 2 N–H and O–H groups in total. The Kier molecular flexibility index (Phi) is 3.82. The second-order valence-corrected chi connectivity index (χ2v) is 5.89. The molecule has 0 aliphatic heterocycles. The van der Waals surface area contributed by atoms with Gasteiger partial charge in [0.05, 0.1) is 6.20 Å². The van der Waals surface area contributed by atoms with E-state index < -0.39 is 0 Å². The molecular formula is C20H17N3O2. The van der Waals surface area contributed by atoms with Crippen molar-refractivity contribution in [3.05, 3.63) is 78.4 Å². The summed E-state index contributed by atoms with van der Waals surface area (Å²) in [6, 6.07) is 19.0. The quantitative estimate of drug-likeness (QED) is 0.585. The van der Waals surface area contributed by atoms with E-state index in [-0.39, 0.29) is 11.9 Å². The lowest BCUT2D eigenvalue weighted by Crippen LogP contribution is -2.27. The second kappa shape index (κ2) is 6.28. The van der Waals surface area contributed by atoms with Crippen LogP contribution in [0, 0.1) is 0 Å². The summed E-state index contributed by atoms with van der Waals surface area (Å²) < 4.78 is 5.79. The summed E-state index contributed by atoms with van der Waals surface area (Å²) in [5.74, 6) is 0.966. The fourth-order valence-electron chi connectivity index (χ4n) is 2.76. The van der Waals surface area contributed by atoms with Gasteiger partial charge < -0.3 is 14.7 Å². The molecule has 124 valence electrons. The number of aromatic nitrogens is 2. The van der Waals surface area contributed by atoms with Gasteiger partial charge in [0.1, 0.15) is 11.7 Å². The number of para-hydroxylation sites is 1. The first-order chi connectivity index (χ1) is 12.2. The van der Waals surface area contributed by atoms with Gasteiger partial charge in [0, 0.05) is 16.5 Å². The van der Waals surface area contributed by atoms with Crippen LogP contribution in [0.1, 0.15) is 29.3 Å². The van der Waals surface area contributed by atoms with Crippen molar-refractivity contribution in [1.82, 2.24) is 15.3 Å². The fraction of sp³-hybridized carbons (Fsp3) is 0.100. The molecule has 0 saturated heterocycles. The van der Waals surface area contributed by atoms with E-state index in [9.17, 15) is 4.79 Å². The van der Waals surface area contributed by atoms with E-state index in [4.69, 9.17) is 4.42 Å². The summed E-state index contributed by atoms with van der Waals surface area (Å²) >= 11 is 0. The molecule has 1 atom stereocenters. The highest BCUT2D eigenvalue weighted by Crippen LogP contribution is 2.23. The summed E-state index contributed by atoms with van der Waals surface area (Å²) in [5.41, 5.74) is 2.40. The molecule has 0 radical (unpaired) electrons. The first-order valence-electron chi connectivity index (χ1n) is 8.10. The van der Waals surface area contributed by atoms with Crippen LogP contribution in [0.4, 0.5) is 0 Å². The molecule has 4 rings (SSSR count). The van der Waals surface area contributed by atoms with E-state index in [1.807, 2.05) is 67.6 Å². The van der Waals surface area contributed by atoms with Crippen molar-refractivity contribution >= 4 is 16.8 Å². The number of fused-ring (bicyclic) bond motifs is 1. The number of amides is 1. The number of hydrogen-bond acceptors (Lipinski definition) is 3. The molecule has 25 heavy (non-hydrogen) atoms. The van der Waals surface area contributed by atoms with E-state index in [0.29, 0.717) is 17.3 Å². The summed E-state index contributed by atoms with van der Waals surface area (Å²) in [5, 5.41) is 3.91. The van der Waals surface area contributed by atoms with Crippen molar-refractivity contribution in [2.45, 2.75) is 13.0 Å². The molecule has 5 heteroatoms. The van der Waals surface area contributed by atoms with Crippen molar-refractivity contribution < 1.29 is 9.21 Å². The maximum atomic E-state index is 12.5. The van der Waals surface area contributed by atoms with E-state index in [0.717, 1.165) is 16.5 Å². The lowest BCUT2D eigenvalue weighted by Gasteiger charge is -2.09. The van der Waals surface area contributed by atoms with Gasteiger partial charge in [-0.05, 0) is 19.1 Å². The van der Waals surface area contributed by atoms with Crippen molar-refractivity contribution in [3.8, 4) is 11.3 Å². The molecule has 0 bridgehead atoms. The molecule has 0 spiro atoms. The third kappa shape index (κ3) is 3.04. The zero-order valence-electron chi connectivity index (χ0n) is 13.7. The van der Waals surface area contributed by atoms with Gasteiger partial charge in [-0.3, -0.25) is 4.79 Å². The fourth-order valence-corrected chi connectivity index (χ4v) is 2.76. The lowest BCUT2D eigenvalue weighted by atomic mass is 10.2. The normalized spacial score (nSPS) is 12.2. The number of H-pyrrole nitrogens is 1. The minimum absolute atomic E-state index is 0.192. The summed E-state index contributed by atoms with van der Waals surface area (Å²) in [7, 11) is 0. The number of benzene rings is 2. The summed E-state index contributed by atoms with van der Waals surface area (Å²) in [6.45, 7) is 1.85. The van der Waals surface area contributed by atoms with Gasteiger partial charge in [0.2, 0.25) is 5.89 Å². The summed E-state index contributed by atoms with van der Waals surface area (Å²) in [4.78, 5) is 19.9. The van der Waals surface area contributed by atoms with Gasteiger partial charge in [0.15, 0.2) is 5.76 Å². The van der Waals surface area contributed by atoms with Crippen LogP contribution in [0.15, 0.2) is 71.3 Å². The maximum absolute atomic E-state index is 12.5. The predicted octanol–water partition coefficient (Wildman–Crippen LogP) is 4.31. The van der Waals surface area contributed by atoms with Gasteiger partial charge in [-0.1, -0.05) is 48.5 Å². The molecule has 2 aromatic carbocycles. The van der Waals surface area contributed by atoms with E-state index in [1.165, 1.54) is 0 Å². The molecular weight excluding hydrogens is 314 g/mol. The number of rotatable bonds is 4. The topological polar surface area (TPSA) is 70.9 Å². The van der Waals surface area contributed by atoms with Gasteiger partial charge in [-0.25, -0.2) is 4.98 Å². The van der Waals surface area contributed by atoms with Crippen LogP contribution in [0.2, 0.25) is 0 Å². The second-order valence-electron chi connectivity index (χ2n) is 5.89. The van der Waals surface area contributed by atoms with Crippen molar-refractivity contribution in [2.24, 2.45) is 0 Å². The maximum Gasteiger partial charge on any atom is 0.268 e. The first kappa shape index (κ1) is 15.2. The Morgan fingerprint density at radius 3 is 2.68 bits per heavy atom. The summed E-state index contributed by atoms with van der Waals surface area (Å²) in [6.07, 6.45) is 1.68. The molecule has 0 aliphatic rings. The monoisotopic (exact) mass is 331 g/mol. The largest absolute Gasteiger partial charge is 0.438 e. The van der Waals surface area contributed by atoms with E-state index in [1.54, 1.807) is 6.20 Å². The van der Waals surface area contributed by atoms with Crippen LogP contribution in [0.3, 0.4) is 0 Å². The molecule has 2 heterocycles. The number of nitrogens with one attached hydrogen (secondary N) is 2. The number of oxazole rings is 1. The van der Waals surface area contributed by atoms with Crippen LogP contribution in [-0.2, 0) is 0 Å². The highest BCUT2D eigenvalue weighted by Gasteiger charge is 2.18. The number of hydrogen-bond donors (Lipinski definition) is 2. The first-order valence-corrected chi connectivity index (χ1v) is 8.10. The molecule has 0 aliphatic carbocycles. The van der Waals surface area contributed by atoms with Gasteiger partial charge in [0.25, 0.3) is 5.91 Å². The average Bonchev–Trinajstić information content (AvgIpc) is 3.29. The van der Waals surface area contributed by atoms with E-state index in [2.05, 4.69) is 15.3 Å². The van der Waals surface area contributed by atoms with Crippen LogP contribution in [0.25, 0.3) is 22.2 Å². The predicted molar refractivity (Wildman–Crippen MR) is 96.1 cm³/mol. The standard InChI is InChI=1S/C20H17N3O2/c1-13(20-21-12-18(25-20)14-7-3-2-4-8-14)22-19(24)17-11-15-9-5-6-10-16(15)23-17/h2-13,23H,1H3,(H,22,24). The highest BCUT2D eigenvalue weighted by molar-refractivity contribution is 5.98. The van der Waals surface area contributed by atoms with Crippen LogP contribution in [-0.4, -0.2) is 15.9 Å². The third-order valence-electron chi connectivity index (χ3n) is 4.07. The molecule has 1 amide bonds. The molecule has 4 aromatic rings. The van der Waals surface area contributed by atoms with E-state index >= 15 is 0 Å². The molecule has 0 saturated carbocycles. The Bertz CT molecular complexity index is 985. The minimum atomic E-state index is -0.337. The Morgan fingerprint density at radius 2 is 1.88 bits per heavy atom. The minimum Gasteiger partial charge on any atom is -0.438 e. The number of carbonyl (C=O) groups is 1. The van der Waals surface area contributed by atoms with Crippen molar-refractivity contribution in [2.75, 3.05) is 0 Å². The van der Waals surface area contributed by atoms with Gasteiger partial charge >= 0.3 is 0 Å². The number of carbonyl (C=O) groups excluding carboxylic acids is 1. The van der Waals surface area contributed by atoms with Crippen LogP contribution in [0.5, 0.6) is 0 Å². The van der Waals surface area contributed by atoms with Crippen LogP contribution < -0.4 is 5.32 Å². The average molecular weight is 331 g/mol. The Morgan fingerprint density at radius 1 is 1.12 bits per heavy atom. The smallest absolute Gasteiger partial charge is 0.268 e. The number of nitrogens with zero attached hydrogens (tertiary/aromatic N) is 1. The number of aromatic amines is 1. The Labute approximate surface area is 144 Å². The Hall–Kier alpha value is -3.34. The zero-order chi connectivity index (χ0) is 17.2. The Balaban J connectivity index is 1.50. The molecule has 0 fully saturated rings. The molecule has 5 nitrogen and oxygen atoms in total.